The van der Waals surface area contributed by atoms with E-state index in [1.54, 1.807) is 44.1 Å². The van der Waals surface area contributed by atoms with Crippen LogP contribution in [0.2, 0.25) is 0 Å². The predicted octanol–water partition coefficient (Wildman–Crippen LogP) is 2.10. The Morgan fingerprint density at radius 3 is 2.68 bits per heavy atom. The van der Waals surface area contributed by atoms with Crippen molar-refractivity contribution in [2.45, 2.75) is 32.3 Å². The van der Waals surface area contributed by atoms with Crippen molar-refractivity contribution in [3.8, 4) is 11.5 Å². The molecule has 28 heavy (non-hydrogen) atoms. The van der Waals surface area contributed by atoms with Crippen molar-refractivity contribution in [3.05, 3.63) is 40.8 Å². The van der Waals surface area contributed by atoms with E-state index >= 15 is 0 Å². The average Bonchev–Trinajstić information content (AvgIpc) is 2.97. The number of nitrogens with zero attached hydrogens (tertiary/aromatic N) is 2. The summed E-state index contributed by atoms with van der Waals surface area (Å²) in [5, 5.41) is 6.83. The van der Waals surface area contributed by atoms with Crippen LogP contribution in [0.15, 0.2) is 22.7 Å². The van der Waals surface area contributed by atoms with Crippen LogP contribution in [-0.2, 0) is 0 Å². The van der Waals surface area contributed by atoms with Crippen LogP contribution < -0.4 is 14.8 Å². The zero-order valence-electron chi connectivity index (χ0n) is 16.2. The number of rotatable bonds is 2. The van der Waals surface area contributed by atoms with Gasteiger partial charge in [0.2, 0.25) is 0 Å². The van der Waals surface area contributed by atoms with Crippen molar-refractivity contribution >= 4 is 11.8 Å². The summed E-state index contributed by atoms with van der Waals surface area (Å²) in [5.41, 5.74) is 1.07. The summed E-state index contributed by atoms with van der Waals surface area (Å²) in [6.07, 6.45) is 1.22. The molecule has 0 unspecified atom stereocenters. The summed E-state index contributed by atoms with van der Waals surface area (Å²) in [7, 11) is 1.58. The third-order valence-corrected chi connectivity index (χ3v) is 5.54. The molecule has 2 amide bonds. The zero-order valence-corrected chi connectivity index (χ0v) is 16.2. The molecule has 1 fully saturated rings. The van der Waals surface area contributed by atoms with E-state index < -0.39 is 5.60 Å². The minimum absolute atomic E-state index is 0.0779. The fraction of sp³-hybridized carbons (Fsp3) is 0.450. The van der Waals surface area contributed by atoms with E-state index in [0.29, 0.717) is 66.6 Å². The lowest BCUT2D eigenvalue weighted by molar-refractivity contribution is 0.00755. The molecule has 1 N–H and O–H groups in total. The number of fused-ring (bicyclic) bond motifs is 1. The number of nitrogens with one attached hydrogen (secondary N) is 1. The molecule has 0 atom stereocenters. The Morgan fingerprint density at radius 2 is 2.04 bits per heavy atom. The molecule has 2 aliphatic heterocycles. The van der Waals surface area contributed by atoms with E-state index in [-0.39, 0.29) is 11.8 Å². The molecule has 4 rings (SSSR count). The van der Waals surface area contributed by atoms with E-state index in [4.69, 9.17) is 14.0 Å². The third-order valence-electron chi connectivity index (χ3n) is 5.54. The second-order valence-corrected chi connectivity index (χ2v) is 7.32. The molecule has 0 saturated carbocycles. The van der Waals surface area contributed by atoms with Gasteiger partial charge in [-0.1, -0.05) is 5.16 Å². The van der Waals surface area contributed by atoms with Gasteiger partial charge in [-0.3, -0.25) is 9.59 Å². The Hall–Kier alpha value is -3.03. The minimum atomic E-state index is -0.553. The first kappa shape index (κ1) is 18.3. The van der Waals surface area contributed by atoms with E-state index in [0.717, 1.165) is 0 Å². The summed E-state index contributed by atoms with van der Waals surface area (Å²) in [6.45, 7) is 4.96. The van der Waals surface area contributed by atoms with Gasteiger partial charge in [0.05, 0.1) is 24.9 Å². The Kier molecular flexibility index (Phi) is 4.49. The number of aryl methyl sites for hydroxylation is 2. The third kappa shape index (κ3) is 3.08. The quantitative estimate of drug-likeness (QED) is 0.851. The standard InChI is InChI=1S/C20H23N3O5/c1-12-17(13(2)28-22-12)19(25)23-8-6-20(7-9-23)11-21-18(24)15-5-4-14(26-3)10-16(15)27-20/h4-5,10H,6-9,11H2,1-3H3,(H,21,24). The molecule has 0 aliphatic carbocycles. The summed E-state index contributed by atoms with van der Waals surface area (Å²) >= 11 is 0. The summed E-state index contributed by atoms with van der Waals surface area (Å²) in [6, 6.07) is 5.19. The van der Waals surface area contributed by atoms with Crippen LogP contribution in [0.3, 0.4) is 0 Å². The van der Waals surface area contributed by atoms with Crippen LogP contribution in [0.4, 0.5) is 0 Å². The van der Waals surface area contributed by atoms with Gasteiger partial charge in [0.25, 0.3) is 11.8 Å². The number of benzene rings is 1. The van der Waals surface area contributed by atoms with Crippen LogP contribution in [0.5, 0.6) is 11.5 Å². The molecule has 1 spiro atoms. The van der Waals surface area contributed by atoms with Crippen molar-refractivity contribution in [3.63, 3.8) is 0 Å². The lowest BCUT2D eigenvalue weighted by Crippen LogP contribution is -2.54. The number of aromatic nitrogens is 1. The number of piperidine rings is 1. The first-order valence-electron chi connectivity index (χ1n) is 9.30. The number of carbonyl (C=O) groups is 2. The highest BCUT2D eigenvalue weighted by atomic mass is 16.5. The lowest BCUT2D eigenvalue weighted by atomic mass is 9.90. The fourth-order valence-corrected chi connectivity index (χ4v) is 3.85. The molecule has 1 aromatic carbocycles. The summed E-state index contributed by atoms with van der Waals surface area (Å²) in [5.74, 6) is 1.44. The molecule has 3 heterocycles. The molecule has 148 valence electrons. The number of likely N-dealkylation sites (tertiary alicyclic amines) is 1. The van der Waals surface area contributed by atoms with Gasteiger partial charge >= 0.3 is 0 Å². The highest BCUT2D eigenvalue weighted by Crippen LogP contribution is 2.35. The molecular formula is C20H23N3O5. The highest BCUT2D eigenvalue weighted by molar-refractivity contribution is 5.98. The average molecular weight is 385 g/mol. The molecular weight excluding hydrogens is 362 g/mol. The van der Waals surface area contributed by atoms with Gasteiger partial charge in [0, 0.05) is 32.0 Å². The Bertz CT molecular complexity index is 908. The molecule has 1 aromatic heterocycles. The molecule has 0 radical (unpaired) electrons. The number of amides is 2. The minimum Gasteiger partial charge on any atom is -0.497 e. The molecule has 8 nitrogen and oxygen atoms in total. The smallest absolute Gasteiger partial charge is 0.259 e. The molecule has 1 saturated heterocycles. The van der Waals surface area contributed by atoms with E-state index in [1.165, 1.54) is 0 Å². The lowest BCUT2D eigenvalue weighted by Gasteiger charge is -2.41. The van der Waals surface area contributed by atoms with Gasteiger partial charge < -0.3 is 24.2 Å². The monoisotopic (exact) mass is 385 g/mol. The fourth-order valence-electron chi connectivity index (χ4n) is 3.85. The summed E-state index contributed by atoms with van der Waals surface area (Å²) < 4.78 is 16.7. The normalized spacial score (nSPS) is 18.1. The highest BCUT2D eigenvalue weighted by Gasteiger charge is 2.41. The molecule has 2 aliphatic rings. The zero-order chi connectivity index (χ0) is 19.9. The first-order chi connectivity index (χ1) is 13.4. The van der Waals surface area contributed by atoms with Gasteiger partial charge in [-0.05, 0) is 26.0 Å². The van der Waals surface area contributed by atoms with Gasteiger partial charge in [0.1, 0.15) is 28.4 Å². The van der Waals surface area contributed by atoms with Crippen LogP contribution in [0.1, 0.15) is 45.0 Å². The number of ether oxygens (including phenoxy) is 2. The number of methoxy groups -OCH3 is 1. The van der Waals surface area contributed by atoms with Crippen LogP contribution in [0, 0.1) is 13.8 Å². The van der Waals surface area contributed by atoms with Crippen molar-refractivity contribution in [1.29, 1.82) is 0 Å². The Morgan fingerprint density at radius 1 is 1.29 bits per heavy atom. The Balaban J connectivity index is 1.53. The molecule has 8 heteroatoms. The topological polar surface area (TPSA) is 93.9 Å². The van der Waals surface area contributed by atoms with Gasteiger partial charge in [-0.25, -0.2) is 0 Å². The second-order valence-electron chi connectivity index (χ2n) is 7.32. The van der Waals surface area contributed by atoms with Crippen LogP contribution >= 0.6 is 0 Å². The Labute approximate surface area is 162 Å². The number of hydrogen-bond donors (Lipinski definition) is 1. The van der Waals surface area contributed by atoms with E-state index in [1.807, 2.05) is 0 Å². The predicted molar refractivity (Wildman–Crippen MR) is 99.8 cm³/mol. The van der Waals surface area contributed by atoms with Crippen molar-refractivity contribution in [2.24, 2.45) is 0 Å². The number of carbonyl (C=O) groups excluding carboxylic acids is 2. The van der Waals surface area contributed by atoms with E-state index in [2.05, 4.69) is 10.5 Å². The largest absolute Gasteiger partial charge is 0.497 e. The maximum absolute atomic E-state index is 12.9. The van der Waals surface area contributed by atoms with Crippen molar-refractivity contribution < 1.29 is 23.6 Å². The van der Waals surface area contributed by atoms with Gasteiger partial charge in [-0.15, -0.1) is 0 Å². The van der Waals surface area contributed by atoms with Crippen molar-refractivity contribution in [1.82, 2.24) is 15.4 Å². The van der Waals surface area contributed by atoms with Crippen LogP contribution in [0.25, 0.3) is 0 Å². The number of hydrogen-bond acceptors (Lipinski definition) is 6. The van der Waals surface area contributed by atoms with Crippen molar-refractivity contribution in [2.75, 3.05) is 26.7 Å². The van der Waals surface area contributed by atoms with Gasteiger partial charge in [0.15, 0.2) is 0 Å². The maximum Gasteiger partial charge on any atom is 0.259 e. The summed E-state index contributed by atoms with van der Waals surface area (Å²) in [4.78, 5) is 27.1. The molecule has 0 bridgehead atoms. The van der Waals surface area contributed by atoms with E-state index in [9.17, 15) is 9.59 Å². The van der Waals surface area contributed by atoms with Gasteiger partial charge in [-0.2, -0.15) is 0 Å². The molecule has 2 aromatic rings. The maximum atomic E-state index is 12.9. The second kappa shape index (κ2) is 6.85. The first-order valence-corrected chi connectivity index (χ1v) is 9.30. The SMILES string of the molecule is COc1ccc2c(c1)OC1(CCN(C(=O)c3c(C)noc3C)CC1)CNC2=O. The van der Waals surface area contributed by atoms with Crippen LogP contribution in [-0.4, -0.2) is 54.2 Å².